The van der Waals surface area contributed by atoms with Crippen molar-refractivity contribution in [2.75, 3.05) is 12.3 Å². The zero-order valence-electron chi connectivity index (χ0n) is 9.30. The van der Waals surface area contributed by atoms with Crippen LogP contribution in [0.25, 0.3) is 10.1 Å². The summed E-state index contributed by atoms with van der Waals surface area (Å²) in [6.45, 7) is 3.75. The molecule has 1 amide bonds. The molecule has 94 valence electrons. The topological polar surface area (TPSA) is 55.1 Å². The van der Waals surface area contributed by atoms with Crippen molar-refractivity contribution < 1.29 is 4.79 Å². The van der Waals surface area contributed by atoms with Crippen LogP contribution in [0.3, 0.4) is 0 Å². The van der Waals surface area contributed by atoms with Crippen LogP contribution in [0, 0.1) is 0 Å². The van der Waals surface area contributed by atoms with Gasteiger partial charge in [-0.2, -0.15) is 0 Å². The number of carbonyl (C=O) groups excluding carboxylic acids is 1. The van der Waals surface area contributed by atoms with E-state index in [4.69, 9.17) is 17.3 Å². The summed E-state index contributed by atoms with van der Waals surface area (Å²) in [6, 6.07) is 5.73. The number of anilines is 1. The maximum atomic E-state index is 12.0. The van der Waals surface area contributed by atoms with Crippen LogP contribution in [-0.2, 0) is 0 Å². The largest absolute Gasteiger partial charge is 0.397 e. The lowest BCUT2D eigenvalue weighted by Gasteiger charge is -2.02. The molecule has 3 N–H and O–H groups in total. The zero-order chi connectivity index (χ0) is 13.3. The lowest BCUT2D eigenvalue weighted by molar-refractivity contribution is 0.0962. The van der Waals surface area contributed by atoms with Gasteiger partial charge in [-0.3, -0.25) is 4.79 Å². The molecule has 0 unspecified atom stereocenters. The van der Waals surface area contributed by atoms with Crippen molar-refractivity contribution in [2.24, 2.45) is 0 Å². The maximum Gasteiger partial charge on any atom is 0.263 e. The predicted molar refractivity (Wildman–Crippen MR) is 81.3 cm³/mol. The number of hydrogen-bond acceptors (Lipinski definition) is 3. The molecule has 0 aliphatic heterocycles. The monoisotopic (exact) mass is 344 g/mol. The Bertz CT molecular complexity index is 638. The smallest absolute Gasteiger partial charge is 0.263 e. The third-order valence-electron chi connectivity index (χ3n) is 2.35. The molecule has 6 heteroatoms. The normalized spacial score (nSPS) is 10.6. The number of nitrogens with two attached hydrogens (primary N) is 1. The van der Waals surface area contributed by atoms with E-state index in [0.29, 0.717) is 15.6 Å². The average molecular weight is 346 g/mol. The first-order valence-corrected chi connectivity index (χ1v) is 7.07. The van der Waals surface area contributed by atoms with Gasteiger partial charge in [0.1, 0.15) is 4.88 Å². The fraction of sp³-hybridized carbons (Fsp3) is 0.0833. The number of fused-ring (bicyclic) bond motifs is 1. The molecule has 2 rings (SSSR count). The van der Waals surface area contributed by atoms with Gasteiger partial charge in [0, 0.05) is 19.6 Å². The Kier molecular flexibility index (Phi) is 3.94. The third-order valence-corrected chi connectivity index (χ3v) is 4.31. The molecule has 1 aromatic carbocycles. The number of benzene rings is 1. The zero-order valence-corrected chi connectivity index (χ0v) is 12.5. The minimum atomic E-state index is -0.234. The predicted octanol–water partition coefficient (Wildman–Crippen LogP) is 3.73. The van der Waals surface area contributed by atoms with E-state index in [1.165, 1.54) is 11.3 Å². The number of hydrogen-bond donors (Lipinski definition) is 2. The van der Waals surface area contributed by atoms with Crippen LogP contribution < -0.4 is 11.1 Å². The van der Waals surface area contributed by atoms with E-state index in [0.717, 1.165) is 14.6 Å². The molecule has 3 nitrogen and oxygen atoms in total. The summed E-state index contributed by atoms with van der Waals surface area (Å²) in [6.07, 6.45) is 0. The average Bonchev–Trinajstić information content (AvgIpc) is 2.65. The van der Waals surface area contributed by atoms with Gasteiger partial charge in [-0.1, -0.05) is 40.2 Å². The highest BCUT2D eigenvalue weighted by atomic mass is 79.9. The van der Waals surface area contributed by atoms with Gasteiger partial charge in [-0.05, 0) is 12.1 Å². The van der Waals surface area contributed by atoms with E-state index in [1.54, 1.807) is 0 Å². The molecular formula is C12H10BrClN2OS. The van der Waals surface area contributed by atoms with Crippen LogP contribution in [-0.4, -0.2) is 12.5 Å². The number of rotatable bonds is 3. The van der Waals surface area contributed by atoms with Crippen LogP contribution >= 0.6 is 38.9 Å². The van der Waals surface area contributed by atoms with E-state index < -0.39 is 0 Å². The van der Waals surface area contributed by atoms with Gasteiger partial charge in [-0.25, -0.2) is 0 Å². The first-order chi connectivity index (χ1) is 8.50. The van der Waals surface area contributed by atoms with Crippen LogP contribution in [0.15, 0.2) is 34.3 Å². The molecule has 0 spiro atoms. The molecule has 1 heterocycles. The molecule has 0 atom stereocenters. The van der Waals surface area contributed by atoms with Crippen molar-refractivity contribution in [2.45, 2.75) is 0 Å². The fourth-order valence-corrected chi connectivity index (χ4v) is 3.40. The van der Waals surface area contributed by atoms with Crippen molar-refractivity contribution in [3.05, 3.63) is 39.2 Å². The van der Waals surface area contributed by atoms with Crippen LogP contribution in [0.2, 0.25) is 0 Å². The number of nitrogens with one attached hydrogen (secondary N) is 1. The van der Waals surface area contributed by atoms with Crippen molar-refractivity contribution in [1.29, 1.82) is 0 Å². The molecular weight excluding hydrogens is 336 g/mol. The Morgan fingerprint density at radius 1 is 1.56 bits per heavy atom. The van der Waals surface area contributed by atoms with Crippen LogP contribution in [0.4, 0.5) is 5.69 Å². The molecule has 2 aromatic rings. The van der Waals surface area contributed by atoms with Crippen molar-refractivity contribution in [1.82, 2.24) is 5.32 Å². The van der Waals surface area contributed by atoms with Gasteiger partial charge in [0.2, 0.25) is 0 Å². The molecule has 0 bridgehead atoms. The van der Waals surface area contributed by atoms with Crippen molar-refractivity contribution in [3.8, 4) is 0 Å². The first-order valence-electron chi connectivity index (χ1n) is 5.08. The van der Waals surface area contributed by atoms with Crippen LogP contribution in [0.1, 0.15) is 9.67 Å². The summed E-state index contributed by atoms with van der Waals surface area (Å²) < 4.78 is 1.85. The summed E-state index contributed by atoms with van der Waals surface area (Å²) in [5, 5.41) is 3.92. The number of amides is 1. The van der Waals surface area contributed by atoms with Crippen LogP contribution in [0.5, 0.6) is 0 Å². The van der Waals surface area contributed by atoms with E-state index in [-0.39, 0.29) is 12.5 Å². The highest BCUT2D eigenvalue weighted by molar-refractivity contribution is 9.10. The minimum Gasteiger partial charge on any atom is -0.397 e. The lowest BCUT2D eigenvalue weighted by atomic mass is 10.2. The van der Waals surface area contributed by atoms with Gasteiger partial charge in [0.15, 0.2) is 0 Å². The number of carbonyl (C=O) groups is 1. The molecule has 0 fully saturated rings. The Morgan fingerprint density at radius 3 is 2.89 bits per heavy atom. The number of halogens is 2. The van der Waals surface area contributed by atoms with Crippen molar-refractivity contribution in [3.63, 3.8) is 0 Å². The van der Waals surface area contributed by atoms with E-state index in [9.17, 15) is 4.79 Å². The number of thiophene rings is 1. The molecule has 0 aliphatic carbocycles. The van der Waals surface area contributed by atoms with Gasteiger partial charge in [0.05, 0.1) is 12.2 Å². The first kappa shape index (κ1) is 13.4. The molecule has 0 aliphatic rings. The van der Waals surface area contributed by atoms with Crippen molar-refractivity contribution >= 4 is 60.5 Å². The van der Waals surface area contributed by atoms with Gasteiger partial charge in [-0.15, -0.1) is 11.3 Å². The molecule has 0 saturated carbocycles. The Labute approximate surface area is 122 Å². The molecule has 0 radical (unpaired) electrons. The quantitative estimate of drug-likeness (QED) is 0.890. The Morgan fingerprint density at radius 2 is 2.28 bits per heavy atom. The Balaban J connectivity index is 2.40. The second-order valence-electron chi connectivity index (χ2n) is 3.66. The maximum absolute atomic E-state index is 12.0. The molecule has 0 saturated heterocycles. The SMILES string of the molecule is C=C(Cl)CNC(=O)c1sc2cccc(Br)c2c1N. The third kappa shape index (κ3) is 2.53. The summed E-state index contributed by atoms with van der Waals surface area (Å²) in [7, 11) is 0. The lowest BCUT2D eigenvalue weighted by Crippen LogP contribution is -2.24. The summed E-state index contributed by atoms with van der Waals surface area (Å²) in [4.78, 5) is 12.5. The fourth-order valence-electron chi connectivity index (χ4n) is 1.55. The minimum absolute atomic E-state index is 0.231. The summed E-state index contributed by atoms with van der Waals surface area (Å²) in [5.41, 5.74) is 6.50. The highest BCUT2D eigenvalue weighted by Gasteiger charge is 2.17. The second kappa shape index (κ2) is 5.30. The molecule has 1 aromatic heterocycles. The standard InChI is InChI=1S/C12H10BrClN2OS/c1-6(14)5-16-12(17)11-10(15)9-7(13)3-2-4-8(9)18-11/h2-4H,1,5,15H2,(H,16,17). The van der Waals surface area contributed by atoms with Gasteiger partial charge >= 0.3 is 0 Å². The molecule has 18 heavy (non-hydrogen) atoms. The summed E-state index contributed by atoms with van der Waals surface area (Å²) in [5.74, 6) is -0.234. The second-order valence-corrected chi connectivity index (χ2v) is 6.10. The van der Waals surface area contributed by atoms with E-state index in [1.807, 2.05) is 18.2 Å². The number of nitrogen functional groups attached to an aromatic ring is 1. The van der Waals surface area contributed by atoms with Gasteiger partial charge in [0.25, 0.3) is 5.91 Å². The highest BCUT2D eigenvalue weighted by Crippen LogP contribution is 2.37. The Hall–Kier alpha value is -1.04. The van der Waals surface area contributed by atoms with E-state index >= 15 is 0 Å². The van der Waals surface area contributed by atoms with E-state index in [2.05, 4.69) is 27.8 Å². The van der Waals surface area contributed by atoms with Gasteiger partial charge < -0.3 is 11.1 Å². The summed E-state index contributed by atoms with van der Waals surface area (Å²) >= 11 is 10.4.